The fraction of sp³-hybridized carbons (Fsp3) is 0.286. The number of halogens is 5. The van der Waals surface area contributed by atoms with Gasteiger partial charge in [0.2, 0.25) is 0 Å². The minimum atomic E-state index is -4.59. The van der Waals surface area contributed by atoms with Gasteiger partial charge in [-0.1, -0.05) is 23.2 Å². The van der Waals surface area contributed by atoms with E-state index in [0.717, 1.165) is 6.21 Å². The summed E-state index contributed by atoms with van der Waals surface area (Å²) in [6, 6.07) is 1.37. The normalized spacial score (nSPS) is 13.0. The van der Waals surface area contributed by atoms with Crippen LogP contribution in [-0.2, 0) is 15.7 Å². The summed E-state index contributed by atoms with van der Waals surface area (Å²) >= 11 is 11.5. The Kier molecular flexibility index (Phi) is 6.92. The highest BCUT2D eigenvalue weighted by Crippen LogP contribution is 2.38. The predicted octanol–water partition coefficient (Wildman–Crippen LogP) is 4.81. The van der Waals surface area contributed by atoms with E-state index in [4.69, 9.17) is 27.9 Å². The van der Waals surface area contributed by atoms with Crippen molar-refractivity contribution in [2.45, 2.75) is 20.0 Å². The molecule has 0 aliphatic heterocycles. The zero-order chi connectivity index (χ0) is 18.5. The molecule has 1 aromatic carbocycles. The molecule has 0 radical (unpaired) electrons. The van der Waals surface area contributed by atoms with Gasteiger partial charge in [-0.2, -0.15) is 18.3 Å². The fourth-order valence-electron chi connectivity index (χ4n) is 1.51. The molecular formula is C14H13Cl2F3N2O3. The number of alkyl halides is 3. The van der Waals surface area contributed by atoms with Gasteiger partial charge in [-0.05, 0) is 26.0 Å². The molecule has 0 fully saturated rings. The molecule has 132 valence electrons. The lowest BCUT2D eigenvalue weighted by Gasteiger charge is -2.11. The van der Waals surface area contributed by atoms with Crippen LogP contribution in [0.1, 0.15) is 19.4 Å². The average Bonchev–Trinajstić information content (AvgIpc) is 2.44. The summed E-state index contributed by atoms with van der Waals surface area (Å²) in [7, 11) is 0. The van der Waals surface area contributed by atoms with Crippen LogP contribution in [0.2, 0.25) is 10.0 Å². The van der Waals surface area contributed by atoms with E-state index >= 15 is 0 Å². The van der Waals surface area contributed by atoms with Crippen LogP contribution in [0, 0.1) is 0 Å². The van der Waals surface area contributed by atoms with Crippen LogP contribution in [-0.4, -0.2) is 23.9 Å². The van der Waals surface area contributed by atoms with E-state index in [-0.39, 0.29) is 33.7 Å². The lowest BCUT2D eigenvalue weighted by Crippen LogP contribution is -2.11. The van der Waals surface area contributed by atoms with Crippen LogP contribution < -0.4 is 5.43 Å². The second-order valence-electron chi connectivity index (χ2n) is 4.40. The van der Waals surface area contributed by atoms with Crippen LogP contribution in [0.5, 0.6) is 0 Å². The van der Waals surface area contributed by atoms with E-state index in [1.807, 2.05) is 0 Å². The molecular weight excluding hydrogens is 372 g/mol. The number of hydrazone groups is 1. The lowest BCUT2D eigenvalue weighted by molar-refractivity contribution is -0.138. The average molecular weight is 385 g/mol. The van der Waals surface area contributed by atoms with E-state index in [2.05, 4.69) is 10.5 Å². The number of anilines is 1. The molecule has 0 bridgehead atoms. The molecule has 5 nitrogen and oxygen atoms in total. The van der Waals surface area contributed by atoms with Crippen LogP contribution >= 0.6 is 23.2 Å². The maximum atomic E-state index is 12.6. The maximum absolute atomic E-state index is 12.6. The highest BCUT2D eigenvalue weighted by atomic mass is 35.5. The first-order valence-electron chi connectivity index (χ1n) is 6.50. The number of benzene rings is 1. The Morgan fingerprint density at radius 2 is 1.92 bits per heavy atom. The van der Waals surface area contributed by atoms with E-state index in [1.165, 1.54) is 6.92 Å². The predicted molar refractivity (Wildman–Crippen MR) is 85.5 cm³/mol. The van der Waals surface area contributed by atoms with Crippen molar-refractivity contribution < 1.29 is 27.8 Å². The molecule has 0 atom stereocenters. The van der Waals surface area contributed by atoms with Crippen LogP contribution in [0.4, 0.5) is 18.9 Å². The summed E-state index contributed by atoms with van der Waals surface area (Å²) in [5.41, 5.74) is 1.00. The van der Waals surface area contributed by atoms with Gasteiger partial charge in [0.15, 0.2) is 0 Å². The van der Waals surface area contributed by atoms with Gasteiger partial charge in [0.25, 0.3) is 0 Å². The molecule has 0 saturated carbocycles. The first-order chi connectivity index (χ1) is 11.1. The van der Waals surface area contributed by atoms with E-state index < -0.39 is 17.7 Å². The van der Waals surface area contributed by atoms with E-state index in [9.17, 15) is 23.1 Å². The number of nitrogens with zero attached hydrogens (tertiary/aromatic N) is 1. The third kappa shape index (κ3) is 5.31. The smallest absolute Gasteiger partial charge is 0.416 e. The van der Waals surface area contributed by atoms with E-state index in [1.54, 1.807) is 6.92 Å². The largest absolute Gasteiger partial charge is 0.512 e. The number of nitrogens with one attached hydrogen (secondary N) is 1. The number of aliphatic hydroxyl groups is 1. The van der Waals surface area contributed by atoms with Gasteiger partial charge in [0, 0.05) is 0 Å². The number of aliphatic hydroxyl groups excluding tert-OH is 1. The van der Waals surface area contributed by atoms with Crippen molar-refractivity contribution in [3.63, 3.8) is 0 Å². The van der Waals surface area contributed by atoms with Gasteiger partial charge in [0.1, 0.15) is 11.3 Å². The van der Waals surface area contributed by atoms with Gasteiger partial charge in [-0.25, -0.2) is 4.79 Å². The summed E-state index contributed by atoms with van der Waals surface area (Å²) in [4.78, 5) is 11.6. The summed E-state index contributed by atoms with van der Waals surface area (Å²) in [5, 5.41) is 12.4. The Hall–Kier alpha value is -1.93. The van der Waals surface area contributed by atoms with Gasteiger partial charge >= 0.3 is 12.1 Å². The van der Waals surface area contributed by atoms with Crippen molar-refractivity contribution in [2.24, 2.45) is 5.10 Å². The quantitative estimate of drug-likeness (QED) is 0.251. The SMILES string of the molecule is CCOC(=O)C(C=NNc1c(Cl)cc(C(F)(F)F)cc1Cl)=C(C)O. The van der Waals surface area contributed by atoms with Crippen molar-refractivity contribution in [1.82, 2.24) is 0 Å². The zero-order valence-electron chi connectivity index (χ0n) is 12.5. The first kappa shape index (κ1) is 20.1. The van der Waals surface area contributed by atoms with Crippen molar-refractivity contribution in [1.29, 1.82) is 0 Å². The molecule has 24 heavy (non-hydrogen) atoms. The standard InChI is InChI=1S/C14H13Cl2F3N2O3/c1-3-24-13(23)9(7(2)22)6-20-21-12-10(15)4-8(5-11(12)16)14(17,18)19/h4-6,21-22H,3H2,1-2H3. The third-order valence-electron chi connectivity index (χ3n) is 2.62. The molecule has 0 aliphatic carbocycles. The zero-order valence-corrected chi connectivity index (χ0v) is 14.1. The van der Waals surface area contributed by atoms with Crippen LogP contribution in [0.25, 0.3) is 0 Å². The Balaban J connectivity index is 3.02. The number of hydrogen-bond acceptors (Lipinski definition) is 5. The van der Waals surface area contributed by atoms with Crippen molar-refractivity contribution in [3.8, 4) is 0 Å². The van der Waals surface area contributed by atoms with Crippen LogP contribution in [0.3, 0.4) is 0 Å². The Labute approximate surface area is 145 Å². The number of esters is 1. The van der Waals surface area contributed by atoms with Crippen molar-refractivity contribution >= 4 is 41.1 Å². The summed E-state index contributed by atoms with van der Waals surface area (Å²) in [6.07, 6.45) is -3.65. The van der Waals surface area contributed by atoms with Crippen molar-refractivity contribution in [3.05, 3.63) is 39.1 Å². The minimum Gasteiger partial charge on any atom is -0.512 e. The number of carbonyl (C=O) groups is 1. The third-order valence-corrected chi connectivity index (χ3v) is 3.22. The number of rotatable bonds is 5. The molecule has 0 unspecified atom stereocenters. The number of hydrogen-bond donors (Lipinski definition) is 2. The minimum absolute atomic E-state index is 0.0821. The second kappa shape index (κ2) is 8.25. The summed E-state index contributed by atoms with van der Waals surface area (Å²) in [6.45, 7) is 2.92. The fourth-order valence-corrected chi connectivity index (χ4v) is 2.08. The lowest BCUT2D eigenvalue weighted by atomic mass is 10.2. The van der Waals surface area contributed by atoms with Crippen LogP contribution in [0.15, 0.2) is 28.6 Å². The molecule has 0 amide bonds. The monoisotopic (exact) mass is 384 g/mol. The topological polar surface area (TPSA) is 70.9 Å². The van der Waals surface area contributed by atoms with E-state index in [0.29, 0.717) is 12.1 Å². The molecule has 10 heteroatoms. The molecule has 1 aromatic rings. The summed E-state index contributed by atoms with van der Waals surface area (Å²) in [5.74, 6) is -1.16. The molecule has 0 aliphatic rings. The molecule has 0 spiro atoms. The summed E-state index contributed by atoms with van der Waals surface area (Å²) < 4.78 is 42.6. The number of carbonyl (C=O) groups excluding carboxylic acids is 1. The molecule has 0 saturated heterocycles. The maximum Gasteiger partial charge on any atom is 0.416 e. The number of allylic oxidation sites excluding steroid dienone is 1. The highest BCUT2D eigenvalue weighted by molar-refractivity contribution is 6.39. The second-order valence-corrected chi connectivity index (χ2v) is 5.22. The van der Waals surface area contributed by atoms with Gasteiger partial charge in [-0.3, -0.25) is 5.43 Å². The molecule has 0 heterocycles. The highest BCUT2D eigenvalue weighted by Gasteiger charge is 2.32. The first-order valence-corrected chi connectivity index (χ1v) is 7.25. The number of ether oxygens (including phenoxy) is 1. The Morgan fingerprint density at radius 3 is 2.33 bits per heavy atom. The molecule has 2 N–H and O–H groups in total. The Morgan fingerprint density at radius 1 is 1.38 bits per heavy atom. The molecule has 1 rings (SSSR count). The van der Waals surface area contributed by atoms with Gasteiger partial charge in [0.05, 0.1) is 34.1 Å². The Bertz CT molecular complexity index is 661. The van der Waals surface area contributed by atoms with Gasteiger partial charge in [-0.15, -0.1) is 0 Å². The van der Waals surface area contributed by atoms with Crippen molar-refractivity contribution in [2.75, 3.05) is 12.0 Å². The molecule has 0 aromatic heterocycles. The van der Waals surface area contributed by atoms with Gasteiger partial charge < -0.3 is 9.84 Å².